The highest BCUT2D eigenvalue weighted by molar-refractivity contribution is 8.00. The van der Waals surface area contributed by atoms with Crippen molar-refractivity contribution in [2.24, 2.45) is 10.9 Å². The molecule has 2 N–H and O–H groups in total. The highest BCUT2D eigenvalue weighted by Crippen LogP contribution is 2.20. The van der Waals surface area contributed by atoms with Gasteiger partial charge in [-0.3, -0.25) is 4.99 Å². The molecule has 23 heavy (non-hydrogen) atoms. The highest BCUT2D eigenvalue weighted by atomic mass is 32.2. The van der Waals surface area contributed by atoms with E-state index in [0.29, 0.717) is 12.0 Å². The Bertz CT molecular complexity index is 424. The van der Waals surface area contributed by atoms with Gasteiger partial charge in [-0.1, -0.05) is 25.6 Å². The number of guanidine groups is 1. The van der Waals surface area contributed by atoms with Crippen molar-refractivity contribution in [2.75, 3.05) is 32.5 Å². The maximum absolute atomic E-state index is 5.76. The molecule has 0 aliphatic heterocycles. The number of ether oxygens (including phenoxy) is 1. The van der Waals surface area contributed by atoms with E-state index in [9.17, 15) is 0 Å². The second-order valence-electron chi connectivity index (χ2n) is 5.45. The van der Waals surface area contributed by atoms with Crippen molar-refractivity contribution in [3.05, 3.63) is 11.6 Å². The predicted molar refractivity (Wildman–Crippen MR) is 102 cm³/mol. The monoisotopic (exact) mass is 358 g/mol. The lowest BCUT2D eigenvalue weighted by molar-refractivity contribution is 0.0258. The van der Waals surface area contributed by atoms with Crippen LogP contribution in [0.25, 0.3) is 0 Å². The van der Waals surface area contributed by atoms with Crippen LogP contribution in [-0.2, 0) is 4.74 Å². The predicted octanol–water partition coefficient (Wildman–Crippen LogP) is 3.24. The van der Waals surface area contributed by atoms with E-state index in [1.54, 1.807) is 11.3 Å². The van der Waals surface area contributed by atoms with Crippen molar-refractivity contribution >= 4 is 29.1 Å². The summed E-state index contributed by atoms with van der Waals surface area (Å²) in [5, 5.41) is 8.72. The third kappa shape index (κ3) is 9.17. The standard InChI is InChI=1S/C16H30N4OS2/c1-5-21-14(13(2)3)7-9-19-15(17-4)18-8-6-11-22-16-20-10-12-23-16/h10,12-14H,5-9,11H2,1-4H3,(H2,17,18,19). The van der Waals surface area contributed by atoms with Crippen LogP contribution in [0.1, 0.15) is 33.6 Å². The summed E-state index contributed by atoms with van der Waals surface area (Å²) in [5.74, 6) is 2.47. The molecule has 1 aromatic heterocycles. The Morgan fingerprint density at radius 1 is 1.39 bits per heavy atom. The molecule has 1 atom stereocenters. The van der Waals surface area contributed by atoms with Crippen molar-refractivity contribution in [3.8, 4) is 0 Å². The van der Waals surface area contributed by atoms with Gasteiger partial charge < -0.3 is 15.4 Å². The van der Waals surface area contributed by atoms with Gasteiger partial charge >= 0.3 is 0 Å². The molecule has 1 heterocycles. The molecule has 0 amide bonds. The van der Waals surface area contributed by atoms with Gasteiger partial charge in [-0.05, 0) is 25.7 Å². The molecular formula is C16H30N4OS2. The van der Waals surface area contributed by atoms with Crippen LogP contribution in [0.5, 0.6) is 0 Å². The van der Waals surface area contributed by atoms with Crippen LogP contribution in [0.15, 0.2) is 20.9 Å². The summed E-state index contributed by atoms with van der Waals surface area (Å²) < 4.78 is 6.90. The first-order valence-electron chi connectivity index (χ1n) is 8.25. The molecule has 0 aromatic carbocycles. The molecule has 1 aromatic rings. The van der Waals surface area contributed by atoms with Gasteiger partial charge in [-0.2, -0.15) is 0 Å². The Labute approximate surface area is 148 Å². The normalized spacial score (nSPS) is 13.3. The van der Waals surface area contributed by atoms with Gasteiger partial charge in [0.2, 0.25) is 0 Å². The maximum Gasteiger partial charge on any atom is 0.190 e. The molecule has 1 rings (SSSR count). The zero-order valence-corrected chi connectivity index (χ0v) is 16.3. The molecule has 7 heteroatoms. The van der Waals surface area contributed by atoms with Gasteiger partial charge in [0.1, 0.15) is 4.34 Å². The minimum atomic E-state index is 0.306. The number of hydrogen-bond donors (Lipinski definition) is 2. The third-order valence-corrected chi connectivity index (χ3v) is 5.37. The van der Waals surface area contributed by atoms with Gasteiger partial charge in [-0.25, -0.2) is 4.98 Å². The number of aromatic nitrogens is 1. The van der Waals surface area contributed by atoms with E-state index < -0.39 is 0 Å². The molecule has 0 fully saturated rings. The van der Waals surface area contributed by atoms with Crippen LogP contribution in [0.4, 0.5) is 0 Å². The van der Waals surface area contributed by atoms with Crippen molar-refractivity contribution in [3.63, 3.8) is 0 Å². The largest absolute Gasteiger partial charge is 0.378 e. The molecule has 0 saturated carbocycles. The van der Waals surface area contributed by atoms with E-state index in [1.165, 1.54) is 0 Å². The van der Waals surface area contributed by atoms with Crippen LogP contribution in [0.3, 0.4) is 0 Å². The molecule has 5 nitrogen and oxygen atoms in total. The van der Waals surface area contributed by atoms with Gasteiger partial charge in [-0.15, -0.1) is 11.3 Å². The molecule has 0 spiro atoms. The Kier molecular flexibility index (Phi) is 11.1. The zero-order chi connectivity index (χ0) is 16.9. The van der Waals surface area contributed by atoms with Crippen LogP contribution >= 0.6 is 23.1 Å². The van der Waals surface area contributed by atoms with E-state index in [0.717, 1.165) is 48.6 Å². The molecular weight excluding hydrogens is 328 g/mol. The fourth-order valence-corrected chi connectivity index (χ4v) is 3.74. The summed E-state index contributed by atoms with van der Waals surface area (Å²) in [6.07, 6.45) is 4.23. The number of thiazole rings is 1. The molecule has 0 radical (unpaired) electrons. The van der Waals surface area contributed by atoms with Crippen LogP contribution in [-0.4, -0.2) is 49.5 Å². The Morgan fingerprint density at radius 2 is 2.17 bits per heavy atom. The van der Waals surface area contributed by atoms with Gasteiger partial charge in [0.15, 0.2) is 5.96 Å². The number of aliphatic imine (C=N–C) groups is 1. The Hall–Kier alpha value is -0.790. The second-order valence-corrected chi connectivity index (χ2v) is 7.69. The average molecular weight is 359 g/mol. The summed E-state index contributed by atoms with van der Waals surface area (Å²) in [6.45, 7) is 9.01. The summed E-state index contributed by atoms with van der Waals surface area (Å²) in [6, 6.07) is 0. The van der Waals surface area contributed by atoms with Gasteiger partial charge in [0.25, 0.3) is 0 Å². The smallest absolute Gasteiger partial charge is 0.190 e. The Balaban J connectivity index is 2.11. The molecule has 0 aliphatic rings. The minimum absolute atomic E-state index is 0.306. The van der Waals surface area contributed by atoms with Gasteiger partial charge in [0.05, 0.1) is 6.10 Å². The summed E-state index contributed by atoms with van der Waals surface area (Å²) in [7, 11) is 1.81. The molecule has 132 valence electrons. The fraction of sp³-hybridized carbons (Fsp3) is 0.750. The summed E-state index contributed by atoms with van der Waals surface area (Å²) in [5.41, 5.74) is 0. The average Bonchev–Trinajstić information content (AvgIpc) is 3.05. The SMILES string of the molecule is CCOC(CCNC(=NC)NCCCSc1nccs1)C(C)C. The molecule has 0 aliphatic carbocycles. The van der Waals surface area contributed by atoms with E-state index in [4.69, 9.17) is 4.74 Å². The first-order chi connectivity index (χ1) is 11.2. The van der Waals surface area contributed by atoms with E-state index >= 15 is 0 Å². The summed E-state index contributed by atoms with van der Waals surface area (Å²) >= 11 is 3.50. The topological polar surface area (TPSA) is 58.5 Å². The van der Waals surface area contributed by atoms with Crippen LogP contribution < -0.4 is 10.6 Å². The van der Waals surface area contributed by atoms with E-state index in [2.05, 4.69) is 34.5 Å². The van der Waals surface area contributed by atoms with Crippen LogP contribution in [0, 0.1) is 5.92 Å². The van der Waals surface area contributed by atoms with Crippen molar-refractivity contribution in [2.45, 2.75) is 44.1 Å². The van der Waals surface area contributed by atoms with Crippen molar-refractivity contribution in [1.29, 1.82) is 0 Å². The lowest BCUT2D eigenvalue weighted by atomic mass is 10.0. The first-order valence-corrected chi connectivity index (χ1v) is 10.1. The molecule has 0 bridgehead atoms. The van der Waals surface area contributed by atoms with Crippen LogP contribution in [0.2, 0.25) is 0 Å². The summed E-state index contributed by atoms with van der Waals surface area (Å²) in [4.78, 5) is 8.52. The minimum Gasteiger partial charge on any atom is -0.378 e. The number of rotatable bonds is 11. The maximum atomic E-state index is 5.76. The molecule has 1 unspecified atom stereocenters. The molecule has 0 saturated heterocycles. The number of hydrogen-bond acceptors (Lipinski definition) is 5. The number of nitrogens with zero attached hydrogens (tertiary/aromatic N) is 2. The number of thioether (sulfide) groups is 1. The van der Waals surface area contributed by atoms with E-state index in [1.807, 2.05) is 37.3 Å². The van der Waals surface area contributed by atoms with Gasteiger partial charge in [0, 0.05) is 44.1 Å². The van der Waals surface area contributed by atoms with Crippen molar-refractivity contribution in [1.82, 2.24) is 15.6 Å². The second kappa shape index (κ2) is 12.6. The zero-order valence-electron chi connectivity index (χ0n) is 14.7. The lowest BCUT2D eigenvalue weighted by Gasteiger charge is -2.21. The Morgan fingerprint density at radius 3 is 2.78 bits per heavy atom. The first kappa shape index (κ1) is 20.3. The highest BCUT2D eigenvalue weighted by Gasteiger charge is 2.12. The fourth-order valence-electron chi connectivity index (χ4n) is 2.10. The van der Waals surface area contributed by atoms with Crippen molar-refractivity contribution < 1.29 is 4.74 Å². The third-order valence-electron chi connectivity index (χ3n) is 3.32. The number of nitrogens with one attached hydrogen (secondary N) is 2. The lowest BCUT2D eigenvalue weighted by Crippen LogP contribution is -2.39. The quantitative estimate of drug-likeness (QED) is 0.275. The van der Waals surface area contributed by atoms with E-state index in [-0.39, 0.29) is 0 Å².